The molecule has 0 atom stereocenters. The van der Waals surface area contributed by atoms with Gasteiger partial charge in [0.1, 0.15) is 0 Å². The van der Waals surface area contributed by atoms with Gasteiger partial charge < -0.3 is 0 Å². The van der Waals surface area contributed by atoms with Crippen LogP contribution >= 0.6 is 12.6 Å². The fraction of sp³-hybridized carbons (Fsp3) is 0.538. The monoisotopic (exact) mass is 208 g/mol. The van der Waals surface area contributed by atoms with Crippen LogP contribution in [0.4, 0.5) is 0 Å². The highest BCUT2D eigenvalue weighted by Crippen LogP contribution is 2.26. The summed E-state index contributed by atoms with van der Waals surface area (Å²) in [4.78, 5) is 1.04. The van der Waals surface area contributed by atoms with E-state index in [0.717, 1.165) is 4.90 Å². The summed E-state index contributed by atoms with van der Waals surface area (Å²) in [6, 6.07) is 8.48. The Morgan fingerprint density at radius 1 is 1.14 bits per heavy atom. The fourth-order valence-electron chi connectivity index (χ4n) is 1.32. The third-order valence-electron chi connectivity index (χ3n) is 2.98. The van der Waals surface area contributed by atoms with Crippen LogP contribution in [0.25, 0.3) is 0 Å². The predicted octanol–water partition coefficient (Wildman–Crippen LogP) is 4.34. The predicted molar refractivity (Wildman–Crippen MR) is 66.1 cm³/mol. The summed E-state index contributed by atoms with van der Waals surface area (Å²) in [7, 11) is 0. The Labute approximate surface area is 93.1 Å². The van der Waals surface area contributed by atoms with E-state index in [2.05, 4.69) is 57.7 Å². The molecule has 0 saturated heterocycles. The van der Waals surface area contributed by atoms with Crippen LogP contribution in [0.15, 0.2) is 29.2 Å². The minimum atomic E-state index is 0.472. The van der Waals surface area contributed by atoms with Gasteiger partial charge in [-0.2, -0.15) is 0 Å². The summed E-state index contributed by atoms with van der Waals surface area (Å²) in [5, 5.41) is 0. The van der Waals surface area contributed by atoms with Crippen molar-refractivity contribution >= 4 is 12.6 Å². The summed E-state index contributed by atoms with van der Waals surface area (Å²) < 4.78 is 0. The van der Waals surface area contributed by atoms with Crippen LogP contribution in [-0.4, -0.2) is 0 Å². The van der Waals surface area contributed by atoms with E-state index in [4.69, 9.17) is 0 Å². The lowest BCUT2D eigenvalue weighted by molar-refractivity contribution is 0.322. The molecule has 0 nitrogen and oxygen atoms in total. The molecule has 0 amide bonds. The molecular weight excluding hydrogens is 188 g/mol. The molecule has 0 radical (unpaired) electrons. The summed E-state index contributed by atoms with van der Waals surface area (Å²) in [5.41, 5.74) is 1.89. The average molecular weight is 208 g/mol. The number of hydrogen-bond acceptors (Lipinski definition) is 1. The SMILES string of the molecule is CCC(C)(C)CCc1ccc(S)cc1. The van der Waals surface area contributed by atoms with Crippen LogP contribution in [0.1, 0.15) is 39.2 Å². The first-order valence-corrected chi connectivity index (χ1v) is 5.76. The van der Waals surface area contributed by atoms with Gasteiger partial charge in [-0.15, -0.1) is 12.6 Å². The van der Waals surface area contributed by atoms with Crippen LogP contribution in [0, 0.1) is 5.41 Å². The van der Waals surface area contributed by atoms with Crippen molar-refractivity contribution < 1.29 is 0 Å². The van der Waals surface area contributed by atoms with Gasteiger partial charge in [-0.25, -0.2) is 0 Å². The van der Waals surface area contributed by atoms with Crippen LogP contribution in [0.5, 0.6) is 0 Å². The van der Waals surface area contributed by atoms with Crippen molar-refractivity contribution in [2.75, 3.05) is 0 Å². The van der Waals surface area contributed by atoms with Crippen molar-refractivity contribution in [1.29, 1.82) is 0 Å². The second kappa shape index (κ2) is 4.88. The van der Waals surface area contributed by atoms with E-state index in [-0.39, 0.29) is 0 Å². The van der Waals surface area contributed by atoms with Gasteiger partial charge in [-0.3, -0.25) is 0 Å². The maximum atomic E-state index is 4.28. The summed E-state index contributed by atoms with van der Waals surface area (Å²) in [6.45, 7) is 6.93. The average Bonchev–Trinajstić information content (AvgIpc) is 2.17. The molecule has 78 valence electrons. The second-order valence-electron chi connectivity index (χ2n) is 4.68. The molecule has 0 N–H and O–H groups in total. The number of thiol groups is 1. The Bertz CT molecular complexity index is 272. The third-order valence-corrected chi connectivity index (χ3v) is 3.28. The molecule has 0 unspecified atom stereocenters. The fourth-order valence-corrected chi connectivity index (χ4v) is 1.47. The summed E-state index contributed by atoms with van der Waals surface area (Å²) in [5.74, 6) is 0. The Morgan fingerprint density at radius 2 is 1.71 bits per heavy atom. The first-order chi connectivity index (χ1) is 6.53. The normalized spacial score (nSPS) is 11.7. The number of rotatable bonds is 4. The van der Waals surface area contributed by atoms with E-state index in [1.54, 1.807) is 0 Å². The lowest BCUT2D eigenvalue weighted by atomic mass is 9.84. The second-order valence-corrected chi connectivity index (χ2v) is 5.20. The van der Waals surface area contributed by atoms with Crippen LogP contribution in [-0.2, 0) is 6.42 Å². The Hall–Kier alpha value is -0.430. The molecule has 0 spiro atoms. The van der Waals surface area contributed by atoms with Crippen LogP contribution in [0.2, 0.25) is 0 Å². The minimum absolute atomic E-state index is 0.472. The van der Waals surface area contributed by atoms with E-state index in [1.165, 1.54) is 24.8 Å². The molecule has 0 aliphatic heterocycles. The standard InChI is InChI=1S/C13H20S/c1-4-13(2,3)10-9-11-5-7-12(14)8-6-11/h5-8,14H,4,9-10H2,1-3H3. The molecule has 1 aromatic carbocycles. The minimum Gasteiger partial charge on any atom is -0.143 e. The molecule has 1 heteroatoms. The molecule has 0 saturated carbocycles. The molecule has 1 rings (SSSR count). The topological polar surface area (TPSA) is 0 Å². The van der Waals surface area contributed by atoms with Crippen molar-refractivity contribution in [2.24, 2.45) is 5.41 Å². The first kappa shape index (κ1) is 11.6. The summed E-state index contributed by atoms with van der Waals surface area (Å²) in [6.07, 6.45) is 3.68. The Kier molecular flexibility index (Phi) is 4.06. The zero-order valence-electron chi connectivity index (χ0n) is 9.38. The molecule has 0 aliphatic carbocycles. The van der Waals surface area contributed by atoms with Gasteiger partial charge in [0.2, 0.25) is 0 Å². The molecular formula is C13H20S. The number of hydrogen-bond donors (Lipinski definition) is 1. The first-order valence-electron chi connectivity index (χ1n) is 5.31. The van der Waals surface area contributed by atoms with E-state index >= 15 is 0 Å². The maximum absolute atomic E-state index is 4.28. The Balaban J connectivity index is 2.50. The summed E-state index contributed by atoms with van der Waals surface area (Å²) >= 11 is 4.28. The van der Waals surface area contributed by atoms with Crippen molar-refractivity contribution in [3.8, 4) is 0 Å². The van der Waals surface area contributed by atoms with Gasteiger partial charge in [0.25, 0.3) is 0 Å². The quantitative estimate of drug-likeness (QED) is 0.699. The lowest BCUT2D eigenvalue weighted by Crippen LogP contribution is -2.10. The van der Waals surface area contributed by atoms with Crippen molar-refractivity contribution in [1.82, 2.24) is 0 Å². The van der Waals surface area contributed by atoms with Crippen LogP contribution in [0.3, 0.4) is 0 Å². The zero-order valence-corrected chi connectivity index (χ0v) is 10.3. The lowest BCUT2D eigenvalue weighted by Gasteiger charge is -2.22. The number of benzene rings is 1. The van der Waals surface area contributed by atoms with Gasteiger partial charge in [0.15, 0.2) is 0 Å². The third kappa shape index (κ3) is 3.75. The maximum Gasteiger partial charge on any atom is 0.00401 e. The van der Waals surface area contributed by atoms with Gasteiger partial charge >= 0.3 is 0 Å². The molecule has 1 aromatic rings. The molecule has 0 bridgehead atoms. The van der Waals surface area contributed by atoms with Crippen molar-refractivity contribution in [3.63, 3.8) is 0 Å². The number of aryl methyl sites for hydroxylation is 1. The van der Waals surface area contributed by atoms with Crippen molar-refractivity contribution in [3.05, 3.63) is 29.8 Å². The molecule has 0 fully saturated rings. The molecule has 0 aromatic heterocycles. The van der Waals surface area contributed by atoms with E-state index in [1.807, 2.05) is 0 Å². The smallest absolute Gasteiger partial charge is 0.00401 e. The highest BCUT2D eigenvalue weighted by Gasteiger charge is 2.14. The van der Waals surface area contributed by atoms with Gasteiger partial charge in [-0.05, 0) is 36.0 Å². The largest absolute Gasteiger partial charge is 0.143 e. The molecule has 0 aliphatic rings. The van der Waals surface area contributed by atoms with E-state index < -0.39 is 0 Å². The molecule has 14 heavy (non-hydrogen) atoms. The van der Waals surface area contributed by atoms with Crippen molar-refractivity contribution in [2.45, 2.75) is 44.9 Å². The van der Waals surface area contributed by atoms with Crippen LogP contribution < -0.4 is 0 Å². The highest BCUT2D eigenvalue weighted by molar-refractivity contribution is 7.80. The van der Waals surface area contributed by atoms with E-state index in [9.17, 15) is 0 Å². The van der Waals surface area contributed by atoms with Gasteiger partial charge in [0.05, 0.1) is 0 Å². The zero-order chi connectivity index (χ0) is 10.6. The molecule has 0 heterocycles. The van der Waals surface area contributed by atoms with Gasteiger partial charge in [0, 0.05) is 4.90 Å². The van der Waals surface area contributed by atoms with Gasteiger partial charge in [-0.1, -0.05) is 39.3 Å². The Morgan fingerprint density at radius 3 is 2.21 bits per heavy atom. The highest BCUT2D eigenvalue weighted by atomic mass is 32.1. The van der Waals surface area contributed by atoms with E-state index in [0.29, 0.717) is 5.41 Å².